The van der Waals surface area contributed by atoms with E-state index in [2.05, 4.69) is 47.7 Å². The summed E-state index contributed by atoms with van der Waals surface area (Å²) in [6.45, 7) is 2.22. The Balaban J connectivity index is 2.61. The van der Waals surface area contributed by atoms with Crippen LogP contribution in [-0.4, -0.2) is 0 Å². The van der Waals surface area contributed by atoms with Gasteiger partial charge in [-0.25, -0.2) is 0 Å². The van der Waals surface area contributed by atoms with Crippen molar-refractivity contribution < 1.29 is 0 Å². The quantitative estimate of drug-likeness (QED) is 0.572. The van der Waals surface area contributed by atoms with Gasteiger partial charge in [0.1, 0.15) is 0 Å². The van der Waals surface area contributed by atoms with Crippen LogP contribution in [0.25, 0.3) is 0 Å². The van der Waals surface area contributed by atoms with Crippen LogP contribution in [0.4, 0.5) is 0 Å². The fourth-order valence-electron chi connectivity index (χ4n) is 1.01. The summed E-state index contributed by atoms with van der Waals surface area (Å²) in [6.07, 6.45) is 2.50. The summed E-state index contributed by atoms with van der Waals surface area (Å²) in [5.74, 6) is 0. The molecule has 11 heavy (non-hydrogen) atoms. The van der Waals surface area contributed by atoms with Crippen LogP contribution < -0.4 is 0 Å². The topological polar surface area (TPSA) is 0 Å². The van der Waals surface area contributed by atoms with E-state index in [-0.39, 0.29) is 0 Å². The van der Waals surface area contributed by atoms with Crippen LogP contribution in [0.3, 0.4) is 0 Å². The number of hydrogen-bond donors (Lipinski definition) is 0. The molecule has 0 aromatic heterocycles. The Morgan fingerprint density at radius 2 is 2.36 bits per heavy atom. The first-order chi connectivity index (χ1) is 5.34. The predicted molar refractivity (Wildman–Crippen MR) is 56.9 cm³/mol. The second kappa shape index (κ2) is 4.75. The number of alkyl halides is 1. The van der Waals surface area contributed by atoms with Crippen molar-refractivity contribution in [3.8, 4) is 0 Å². The van der Waals surface area contributed by atoms with Gasteiger partial charge in [-0.15, -0.1) is 0 Å². The standard InChI is InChI=1S/C10H12I/c1-2-6-10(11)9-7-4-3-5-8-9/h3-5,7,10H,2,6H2,1H3. The minimum Gasteiger partial charge on any atom is -0.0774 e. The van der Waals surface area contributed by atoms with E-state index in [9.17, 15) is 0 Å². The average Bonchev–Trinajstić information content (AvgIpc) is 2.07. The summed E-state index contributed by atoms with van der Waals surface area (Å²) in [7, 11) is 0. The van der Waals surface area contributed by atoms with Crippen molar-refractivity contribution in [3.05, 3.63) is 35.9 Å². The SMILES string of the molecule is CCCC(I)c1[c]cccc1. The predicted octanol–water partition coefficient (Wildman–Crippen LogP) is 3.76. The van der Waals surface area contributed by atoms with Gasteiger partial charge >= 0.3 is 0 Å². The first-order valence-corrected chi connectivity index (χ1v) is 5.20. The molecule has 0 N–H and O–H groups in total. The molecule has 0 amide bonds. The number of benzene rings is 1. The maximum atomic E-state index is 3.25. The normalized spacial score (nSPS) is 12.9. The Hall–Kier alpha value is -0.0500. The molecule has 0 saturated carbocycles. The van der Waals surface area contributed by atoms with Crippen molar-refractivity contribution in [2.24, 2.45) is 0 Å². The summed E-state index contributed by atoms with van der Waals surface area (Å²) in [6, 6.07) is 11.5. The Labute approximate surface area is 82.2 Å². The second-order valence-electron chi connectivity index (χ2n) is 2.57. The first kappa shape index (κ1) is 9.04. The third-order valence-corrected chi connectivity index (χ3v) is 2.91. The van der Waals surface area contributed by atoms with Crippen LogP contribution >= 0.6 is 22.6 Å². The Morgan fingerprint density at radius 3 is 2.91 bits per heavy atom. The van der Waals surface area contributed by atoms with Gasteiger partial charge in [0.2, 0.25) is 0 Å². The van der Waals surface area contributed by atoms with Crippen molar-refractivity contribution in [2.75, 3.05) is 0 Å². The van der Waals surface area contributed by atoms with Crippen LogP contribution in [0.2, 0.25) is 0 Å². The molecule has 0 aliphatic heterocycles. The lowest BCUT2D eigenvalue weighted by molar-refractivity contribution is 0.798. The van der Waals surface area contributed by atoms with Gasteiger partial charge in [0, 0.05) is 3.92 Å². The molecule has 0 saturated heterocycles. The zero-order chi connectivity index (χ0) is 8.10. The largest absolute Gasteiger partial charge is 0.0774 e. The first-order valence-electron chi connectivity index (χ1n) is 3.95. The Kier molecular flexibility index (Phi) is 3.91. The molecule has 0 heterocycles. The molecule has 1 unspecified atom stereocenters. The van der Waals surface area contributed by atoms with E-state index in [1.165, 1.54) is 18.4 Å². The van der Waals surface area contributed by atoms with Gasteiger partial charge in [0.25, 0.3) is 0 Å². The highest BCUT2D eigenvalue weighted by atomic mass is 127. The molecule has 0 aliphatic carbocycles. The highest BCUT2D eigenvalue weighted by Gasteiger charge is 2.03. The monoisotopic (exact) mass is 259 g/mol. The van der Waals surface area contributed by atoms with Crippen molar-refractivity contribution >= 4 is 22.6 Å². The van der Waals surface area contributed by atoms with E-state index >= 15 is 0 Å². The summed E-state index contributed by atoms with van der Waals surface area (Å²) in [5, 5.41) is 0. The minimum atomic E-state index is 0.638. The van der Waals surface area contributed by atoms with E-state index in [1.54, 1.807) is 0 Å². The third kappa shape index (κ3) is 2.81. The van der Waals surface area contributed by atoms with Crippen LogP contribution in [0.15, 0.2) is 24.3 Å². The van der Waals surface area contributed by atoms with E-state index in [1.807, 2.05) is 12.1 Å². The van der Waals surface area contributed by atoms with Gasteiger partial charge in [-0.3, -0.25) is 0 Å². The molecule has 1 heteroatoms. The molecular weight excluding hydrogens is 247 g/mol. The second-order valence-corrected chi connectivity index (χ2v) is 4.08. The number of halogens is 1. The fourth-order valence-corrected chi connectivity index (χ4v) is 2.02. The molecule has 1 atom stereocenters. The van der Waals surface area contributed by atoms with Gasteiger partial charge < -0.3 is 0 Å². The van der Waals surface area contributed by atoms with Gasteiger partial charge in [-0.2, -0.15) is 0 Å². The van der Waals surface area contributed by atoms with E-state index in [4.69, 9.17) is 0 Å². The lowest BCUT2D eigenvalue weighted by Gasteiger charge is -2.06. The highest BCUT2D eigenvalue weighted by Crippen LogP contribution is 2.27. The highest BCUT2D eigenvalue weighted by molar-refractivity contribution is 14.1. The molecule has 1 aromatic carbocycles. The number of hydrogen-bond acceptors (Lipinski definition) is 0. The molecule has 0 bridgehead atoms. The molecule has 1 rings (SSSR count). The third-order valence-electron chi connectivity index (χ3n) is 1.61. The van der Waals surface area contributed by atoms with E-state index < -0.39 is 0 Å². The molecule has 0 fully saturated rings. The molecule has 1 radical (unpaired) electrons. The van der Waals surface area contributed by atoms with Crippen LogP contribution in [0.5, 0.6) is 0 Å². The van der Waals surface area contributed by atoms with E-state index in [0.717, 1.165) is 0 Å². The summed E-state index contributed by atoms with van der Waals surface area (Å²) in [5.41, 5.74) is 1.33. The van der Waals surface area contributed by atoms with Crippen molar-refractivity contribution in [1.82, 2.24) is 0 Å². The maximum absolute atomic E-state index is 3.25. The fraction of sp³-hybridized carbons (Fsp3) is 0.400. The summed E-state index contributed by atoms with van der Waals surface area (Å²) >= 11 is 2.48. The van der Waals surface area contributed by atoms with Crippen molar-refractivity contribution in [1.29, 1.82) is 0 Å². The summed E-state index contributed by atoms with van der Waals surface area (Å²) < 4.78 is 0.638. The summed E-state index contributed by atoms with van der Waals surface area (Å²) in [4.78, 5) is 0. The molecular formula is C10H12I. The zero-order valence-electron chi connectivity index (χ0n) is 6.68. The molecule has 1 aromatic rings. The number of rotatable bonds is 3. The lowest BCUT2D eigenvalue weighted by atomic mass is 10.1. The average molecular weight is 259 g/mol. The van der Waals surface area contributed by atoms with Crippen LogP contribution in [0, 0.1) is 6.07 Å². The lowest BCUT2D eigenvalue weighted by Crippen LogP contribution is -1.87. The van der Waals surface area contributed by atoms with Gasteiger partial charge in [0.05, 0.1) is 0 Å². The van der Waals surface area contributed by atoms with Crippen molar-refractivity contribution in [2.45, 2.75) is 23.7 Å². The van der Waals surface area contributed by atoms with Gasteiger partial charge in [-0.1, -0.05) is 60.2 Å². The Morgan fingerprint density at radius 1 is 1.55 bits per heavy atom. The minimum absolute atomic E-state index is 0.638. The Bertz CT molecular complexity index is 193. The van der Waals surface area contributed by atoms with E-state index in [0.29, 0.717) is 3.92 Å². The maximum Gasteiger partial charge on any atom is 0.0365 e. The van der Waals surface area contributed by atoms with Crippen molar-refractivity contribution in [3.63, 3.8) is 0 Å². The molecule has 59 valence electrons. The van der Waals surface area contributed by atoms with Gasteiger partial charge in [0.15, 0.2) is 0 Å². The molecule has 0 spiro atoms. The van der Waals surface area contributed by atoms with Crippen LogP contribution in [0.1, 0.15) is 29.3 Å². The zero-order valence-corrected chi connectivity index (χ0v) is 8.84. The molecule has 0 nitrogen and oxygen atoms in total. The molecule has 0 aliphatic rings. The van der Waals surface area contributed by atoms with Gasteiger partial charge in [-0.05, 0) is 18.1 Å². The van der Waals surface area contributed by atoms with Crippen LogP contribution in [-0.2, 0) is 0 Å². The smallest absolute Gasteiger partial charge is 0.0365 e.